The van der Waals surface area contributed by atoms with Crippen molar-refractivity contribution in [1.29, 1.82) is 0 Å². The Morgan fingerprint density at radius 3 is 2.69 bits per heavy atom. The van der Waals surface area contributed by atoms with Crippen LogP contribution in [0, 0.1) is 0 Å². The largest absolute Gasteiger partial charge is 0.484 e. The number of aromatic nitrogens is 2. The zero-order valence-corrected chi connectivity index (χ0v) is 8.42. The third-order valence-electron chi connectivity index (χ3n) is 2.02. The summed E-state index contributed by atoms with van der Waals surface area (Å²) in [6, 6.07) is 8.95. The molecule has 0 aliphatic rings. The molecule has 82 valence electrons. The molecule has 0 bridgehead atoms. The van der Waals surface area contributed by atoms with Crippen molar-refractivity contribution in [1.82, 2.24) is 9.55 Å². The Morgan fingerprint density at radius 1 is 1.31 bits per heavy atom. The summed E-state index contributed by atoms with van der Waals surface area (Å²) in [5.74, 6) is 0.189. The van der Waals surface area contributed by atoms with Crippen LogP contribution >= 0.6 is 0 Å². The van der Waals surface area contributed by atoms with Gasteiger partial charge in [0, 0.05) is 12.4 Å². The highest BCUT2D eigenvalue weighted by atomic mass is 16.5. The number of para-hydroxylation sites is 1. The molecule has 0 radical (unpaired) electrons. The van der Waals surface area contributed by atoms with E-state index in [-0.39, 0.29) is 6.61 Å². The van der Waals surface area contributed by atoms with Crippen LogP contribution in [0.25, 0.3) is 0 Å². The maximum absolute atomic E-state index is 11.5. The Labute approximate surface area is 91.3 Å². The predicted molar refractivity (Wildman–Crippen MR) is 57.6 cm³/mol. The number of aromatic amines is 1. The van der Waals surface area contributed by atoms with Crippen LogP contribution < -0.4 is 10.4 Å². The van der Waals surface area contributed by atoms with Gasteiger partial charge in [-0.3, -0.25) is 4.79 Å². The van der Waals surface area contributed by atoms with Crippen LogP contribution in [0.1, 0.15) is 4.79 Å². The van der Waals surface area contributed by atoms with Crippen molar-refractivity contribution in [3.63, 3.8) is 0 Å². The van der Waals surface area contributed by atoms with Crippen molar-refractivity contribution in [2.24, 2.45) is 0 Å². The normalized spacial score (nSPS) is 10.0. The lowest BCUT2D eigenvalue weighted by Crippen LogP contribution is -2.28. The summed E-state index contributed by atoms with van der Waals surface area (Å²) in [4.78, 5) is 25.0. The lowest BCUT2D eigenvalue weighted by Gasteiger charge is -2.04. The lowest BCUT2D eigenvalue weighted by atomic mass is 10.3. The highest BCUT2D eigenvalue weighted by Crippen LogP contribution is 2.07. The molecule has 0 amide bonds. The summed E-state index contributed by atoms with van der Waals surface area (Å²) in [6.07, 6.45) is 2.78. The lowest BCUT2D eigenvalue weighted by molar-refractivity contribution is 0.0833. The summed E-state index contributed by atoms with van der Waals surface area (Å²) < 4.78 is 6.20. The highest BCUT2D eigenvalue weighted by Gasteiger charge is 2.07. The Kier molecular flexibility index (Phi) is 2.86. The second kappa shape index (κ2) is 4.48. The highest BCUT2D eigenvalue weighted by molar-refractivity contribution is 5.80. The van der Waals surface area contributed by atoms with Crippen molar-refractivity contribution < 1.29 is 9.53 Å². The zero-order chi connectivity index (χ0) is 11.4. The molecule has 0 aliphatic heterocycles. The van der Waals surface area contributed by atoms with E-state index in [0.717, 1.165) is 4.57 Å². The number of rotatable bonds is 3. The number of hydrogen-bond acceptors (Lipinski definition) is 3. The van der Waals surface area contributed by atoms with Crippen LogP contribution in [0.2, 0.25) is 0 Å². The molecular formula is C11H10N2O3. The van der Waals surface area contributed by atoms with Crippen molar-refractivity contribution in [2.45, 2.75) is 0 Å². The van der Waals surface area contributed by atoms with E-state index < -0.39 is 11.6 Å². The predicted octanol–water partition coefficient (Wildman–Crippen LogP) is 0.896. The third kappa shape index (κ3) is 2.20. The maximum atomic E-state index is 11.5. The molecule has 2 aromatic rings. The second-order valence-electron chi connectivity index (χ2n) is 3.13. The minimum absolute atomic E-state index is 0.165. The summed E-state index contributed by atoms with van der Waals surface area (Å²) in [5, 5.41) is 0. The van der Waals surface area contributed by atoms with Gasteiger partial charge in [-0.05, 0) is 12.1 Å². The fourth-order valence-corrected chi connectivity index (χ4v) is 1.25. The van der Waals surface area contributed by atoms with Crippen LogP contribution in [0.4, 0.5) is 0 Å². The number of benzene rings is 1. The van der Waals surface area contributed by atoms with Crippen LogP contribution in [-0.4, -0.2) is 22.1 Å². The molecule has 1 aromatic heterocycles. The fraction of sp³-hybridized carbons (Fsp3) is 0.0909. The molecule has 0 unspecified atom stereocenters. The molecule has 5 nitrogen and oxygen atoms in total. The Morgan fingerprint density at radius 2 is 2.06 bits per heavy atom. The zero-order valence-electron chi connectivity index (χ0n) is 8.42. The molecule has 0 spiro atoms. The number of nitrogens with zero attached hydrogens (tertiary/aromatic N) is 1. The van der Waals surface area contributed by atoms with E-state index >= 15 is 0 Å². The maximum Gasteiger partial charge on any atom is 0.332 e. The summed E-state index contributed by atoms with van der Waals surface area (Å²) in [7, 11) is 0. The van der Waals surface area contributed by atoms with Gasteiger partial charge in [0.2, 0.25) is 0 Å². The molecule has 1 N–H and O–H groups in total. The number of carbonyl (C=O) groups excluding carboxylic acids is 1. The fourth-order valence-electron chi connectivity index (χ4n) is 1.25. The number of carbonyl (C=O) groups is 1. The average molecular weight is 218 g/mol. The first-order chi connectivity index (χ1) is 7.77. The molecule has 16 heavy (non-hydrogen) atoms. The first-order valence-corrected chi connectivity index (χ1v) is 4.74. The molecule has 2 rings (SSSR count). The molecule has 0 saturated carbocycles. The second-order valence-corrected chi connectivity index (χ2v) is 3.13. The standard InChI is InChI=1S/C11H10N2O3/c14-10(13-7-6-12-11(13)15)8-16-9-4-2-1-3-5-9/h1-7H,8H2,(H,12,15). The van der Waals surface area contributed by atoms with Gasteiger partial charge in [0.05, 0.1) is 0 Å². The van der Waals surface area contributed by atoms with Gasteiger partial charge in [0.1, 0.15) is 5.75 Å². The summed E-state index contributed by atoms with van der Waals surface area (Å²) in [5.41, 5.74) is -0.457. The van der Waals surface area contributed by atoms with E-state index in [4.69, 9.17) is 4.74 Å². The number of imidazole rings is 1. The van der Waals surface area contributed by atoms with Gasteiger partial charge in [0.15, 0.2) is 6.61 Å². The van der Waals surface area contributed by atoms with Gasteiger partial charge in [0.25, 0.3) is 5.91 Å². The van der Waals surface area contributed by atoms with Crippen molar-refractivity contribution in [3.8, 4) is 5.75 Å². The van der Waals surface area contributed by atoms with E-state index in [1.807, 2.05) is 18.2 Å². The minimum Gasteiger partial charge on any atom is -0.484 e. The SMILES string of the molecule is O=C(COc1ccccc1)n1cc[nH]c1=O. The van der Waals surface area contributed by atoms with Crippen molar-refractivity contribution in [2.75, 3.05) is 6.61 Å². The topological polar surface area (TPSA) is 64.1 Å². The molecule has 0 saturated heterocycles. The van der Waals surface area contributed by atoms with E-state index in [0.29, 0.717) is 5.75 Å². The van der Waals surface area contributed by atoms with Crippen LogP contribution in [-0.2, 0) is 0 Å². The molecule has 1 aromatic carbocycles. The monoisotopic (exact) mass is 218 g/mol. The van der Waals surface area contributed by atoms with E-state index in [1.165, 1.54) is 12.4 Å². The van der Waals surface area contributed by atoms with Crippen LogP contribution in [0.5, 0.6) is 5.75 Å². The van der Waals surface area contributed by atoms with Crippen LogP contribution in [0.15, 0.2) is 47.5 Å². The minimum atomic E-state index is -0.457. The summed E-state index contributed by atoms with van der Waals surface area (Å²) in [6.45, 7) is -0.165. The molecule has 0 atom stereocenters. The Balaban J connectivity index is 2.00. The van der Waals surface area contributed by atoms with Gasteiger partial charge in [-0.15, -0.1) is 0 Å². The molecule has 0 fully saturated rings. The first kappa shape index (κ1) is 10.2. The van der Waals surface area contributed by atoms with E-state index in [9.17, 15) is 9.59 Å². The first-order valence-electron chi connectivity index (χ1n) is 4.74. The smallest absolute Gasteiger partial charge is 0.332 e. The molecular weight excluding hydrogens is 208 g/mol. The van der Waals surface area contributed by atoms with Gasteiger partial charge in [-0.25, -0.2) is 9.36 Å². The number of nitrogens with one attached hydrogen (secondary N) is 1. The van der Waals surface area contributed by atoms with E-state index in [1.54, 1.807) is 12.1 Å². The van der Waals surface area contributed by atoms with Crippen molar-refractivity contribution >= 4 is 5.91 Å². The van der Waals surface area contributed by atoms with E-state index in [2.05, 4.69) is 4.98 Å². The van der Waals surface area contributed by atoms with Crippen molar-refractivity contribution in [3.05, 3.63) is 53.2 Å². The number of H-pyrrole nitrogens is 1. The Bertz CT molecular complexity index is 527. The van der Waals surface area contributed by atoms with Crippen LogP contribution in [0.3, 0.4) is 0 Å². The number of ether oxygens (including phenoxy) is 1. The Hall–Kier alpha value is -2.30. The molecule has 0 aliphatic carbocycles. The van der Waals surface area contributed by atoms with Gasteiger partial charge >= 0.3 is 5.69 Å². The average Bonchev–Trinajstić information content (AvgIpc) is 2.74. The summed E-state index contributed by atoms with van der Waals surface area (Å²) >= 11 is 0. The quantitative estimate of drug-likeness (QED) is 0.832. The number of hydrogen-bond donors (Lipinski definition) is 1. The molecule has 5 heteroatoms. The van der Waals surface area contributed by atoms with Gasteiger partial charge in [-0.1, -0.05) is 18.2 Å². The van der Waals surface area contributed by atoms with Gasteiger partial charge < -0.3 is 9.72 Å². The molecule has 1 heterocycles. The van der Waals surface area contributed by atoms with Gasteiger partial charge in [-0.2, -0.15) is 0 Å². The third-order valence-corrected chi connectivity index (χ3v) is 2.02.